The molecule has 7 heteroatoms. The maximum atomic E-state index is 12.4. The van der Waals surface area contributed by atoms with Crippen molar-refractivity contribution < 1.29 is 23.1 Å². The number of carboxylic acids is 1. The molecule has 2 nitrogen and oxygen atoms in total. The average Bonchev–Trinajstić information content (AvgIpc) is 2.40. The number of carbonyl (C=O) groups is 1. The van der Waals surface area contributed by atoms with Gasteiger partial charge in [-0.25, -0.2) is 4.79 Å². The number of benzene rings is 2. The van der Waals surface area contributed by atoms with Crippen molar-refractivity contribution in [2.24, 2.45) is 0 Å². The highest BCUT2D eigenvalue weighted by molar-refractivity contribution is 7.99. The monoisotopic (exact) mass is 332 g/mol. The Morgan fingerprint density at radius 2 is 1.62 bits per heavy atom. The molecule has 0 aliphatic heterocycles. The normalized spacial score (nSPS) is 11.4. The molecule has 0 aliphatic rings. The van der Waals surface area contributed by atoms with E-state index in [1.54, 1.807) is 6.07 Å². The zero-order valence-corrected chi connectivity index (χ0v) is 11.9. The summed E-state index contributed by atoms with van der Waals surface area (Å²) in [6, 6.07) is 9.07. The van der Waals surface area contributed by atoms with Gasteiger partial charge in [0, 0.05) is 9.79 Å². The molecule has 2 rings (SSSR count). The van der Waals surface area contributed by atoms with Crippen LogP contribution in [0.3, 0.4) is 0 Å². The third kappa shape index (κ3) is 3.92. The minimum Gasteiger partial charge on any atom is -0.478 e. The molecule has 21 heavy (non-hydrogen) atoms. The van der Waals surface area contributed by atoms with Gasteiger partial charge in [0.25, 0.3) is 0 Å². The van der Waals surface area contributed by atoms with Gasteiger partial charge in [-0.1, -0.05) is 23.4 Å². The minimum atomic E-state index is -4.38. The second-order valence-corrected chi connectivity index (χ2v) is 5.63. The lowest BCUT2D eigenvalue weighted by molar-refractivity contribution is -0.137. The summed E-state index contributed by atoms with van der Waals surface area (Å²) < 4.78 is 37.3. The Balaban J connectivity index is 2.22. The summed E-state index contributed by atoms with van der Waals surface area (Å²) in [6.45, 7) is 0. The van der Waals surface area contributed by atoms with Crippen molar-refractivity contribution in [2.75, 3.05) is 0 Å². The molecule has 110 valence electrons. The van der Waals surface area contributed by atoms with Crippen molar-refractivity contribution in [1.29, 1.82) is 0 Å². The van der Waals surface area contributed by atoms with Crippen LogP contribution in [0.4, 0.5) is 13.2 Å². The van der Waals surface area contributed by atoms with Crippen molar-refractivity contribution in [1.82, 2.24) is 0 Å². The first-order valence-electron chi connectivity index (χ1n) is 5.65. The Morgan fingerprint density at radius 1 is 1.05 bits per heavy atom. The van der Waals surface area contributed by atoms with E-state index in [2.05, 4.69) is 0 Å². The molecular formula is C14H8ClF3O2S. The molecule has 1 N–H and O–H groups in total. The van der Waals surface area contributed by atoms with Crippen LogP contribution in [-0.2, 0) is 6.18 Å². The highest BCUT2D eigenvalue weighted by atomic mass is 35.5. The molecule has 0 unspecified atom stereocenters. The van der Waals surface area contributed by atoms with Crippen LogP contribution in [0.2, 0.25) is 5.02 Å². The highest BCUT2D eigenvalue weighted by Gasteiger charge is 2.29. The molecule has 0 spiro atoms. The van der Waals surface area contributed by atoms with Crippen molar-refractivity contribution in [2.45, 2.75) is 16.0 Å². The van der Waals surface area contributed by atoms with Crippen molar-refractivity contribution >= 4 is 29.3 Å². The van der Waals surface area contributed by atoms with Gasteiger partial charge in [-0.15, -0.1) is 0 Å². The number of rotatable bonds is 3. The Kier molecular flexibility index (Phi) is 4.49. The lowest BCUT2D eigenvalue weighted by Gasteiger charge is -2.08. The fraction of sp³-hybridized carbons (Fsp3) is 0.0714. The van der Waals surface area contributed by atoms with Gasteiger partial charge in [0.15, 0.2) is 0 Å². The van der Waals surface area contributed by atoms with Crippen LogP contribution in [0.15, 0.2) is 52.3 Å². The first-order chi connectivity index (χ1) is 9.77. The third-order valence-electron chi connectivity index (χ3n) is 2.59. The number of carboxylic acid groups (broad SMARTS) is 1. The quantitative estimate of drug-likeness (QED) is 0.838. The molecule has 0 saturated carbocycles. The Morgan fingerprint density at radius 3 is 2.14 bits per heavy atom. The average molecular weight is 333 g/mol. The lowest BCUT2D eigenvalue weighted by Crippen LogP contribution is -2.03. The molecule has 0 fully saturated rings. The van der Waals surface area contributed by atoms with Crippen molar-refractivity contribution in [3.05, 3.63) is 58.6 Å². The molecule has 0 radical (unpaired) electrons. The van der Waals surface area contributed by atoms with Gasteiger partial charge >= 0.3 is 12.1 Å². The molecule has 0 heterocycles. The number of hydrogen-bond donors (Lipinski definition) is 1. The SMILES string of the molecule is O=C(O)c1cc(Sc2ccc(C(F)(F)F)cc2)ccc1Cl. The van der Waals surface area contributed by atoms with E-state index in [0.29, 0.717) is 9.79 Å². The molecule has 0 saturated heterocycles. The predicted octanol–water partition coefficient (Wildman–Crippen LogP) is 5.21. The summed E-state index contributed by atoms with van der Waals surface area (Å²) in [6.07, 6.45) is -4.38. The Labute approximate surface area is 127 Å². The maximum absolute atomic E-state index is 12.4. The number of aromatic carboxylic acids is 1. The number of hydrogen-bond acceptors (Lipinski definition) is 2. The minimum absolute atomic E-state index is 0.0476. The van der Waals surface area contributed by atoms with Crippen LogP contribution in [0.1, 0.15) is 15.9 Å². The Hall–Kier alpha value is -1.66. The van der Waals surface area contributed by atoms with E-state index in [0.717, 1.165) is 23.9 Å². The summed E-state index contributed by atoms with van der Waals surface area (Å²) in [5.74, 6) is -1.16. The van der Waals surface area contributed by atoms with Crippen molar-refractivity contribution in [3.63, 3.8) is 0 Å². The molecule has 2 aromatic carbocycles. The highest BCUT2D eigenvalue weighted by Crippen LogP contribution is 2.34. The second kappa shape index (κ2) is 5.99. The summed E-state index contributed by atoms with van der Waals surface area (Å²) in [7, 11) is 0. The van der Waals surface area contributed by atoms with Gasteiger partial charge < -0.3 is 5.11 Å². The van der Waals surface area contributed by atoms with E-state index in [4.69, 9.17) is 16.7 Å². The van der Waals surface area contributed by atoms with Gasteiger partial charge in [-0.05, 0) is 42.5 Å². The van der Waals surface area contributed by atoms with Gasteiger partial charge in [0.2, 0.25) is 0 Å². The summed E-state index contributed by atoms with van der Waals surface area (Å²) >= 11 is 6.91. The predicted molar refractivity (Wildman–Crippen MR) is 74.0 cm³/mol. The fourth-order valence-corrected chi connectivity index (χ4v) is 2.64. The van der Waals surface area contributed by atoms with Gasteiger partial charge in [-0.3, -0.25) is 0 Å². The van der Waals surface area contributed by atoms with Gasteiger partial charge in [0.1, 0.15) is 0 Å². The molecule has 0 aliphatic carbocycles. The first kappa shape index (κ1) is 15.7. The van der Waals surface area contributed by atoms with Crippen LogP contribution in [0.5, 0.6) is 0 Å². The standard InChI is InChI=1S/C14H8ClF3O2S/c15-12-6-5-10(7-11(12)13(19)20)21-9-3-1-8(2-4-9)14(16,17)18/h1-7H,(H,19,20). The second-order valence-electron chi connectivity index (χ2n) is 4.07. The van der Waals surface area contributed by atoms with E-state index in [1.165, 1.54) is 24.3 Å². The molecular weight excluding hydrogens is 325 g/mol. The van der Waals surface area contributed by atoms with Gasteiger partial charge in [0.05, 0.1) is 16.1 Å². The summed E-state index contributed by atoms with van der Waals surface area (Å²) in [5, 5.41) is 9.07. The molecule has 0 bridgehead atoms. The smallest absolute Gasteiger partial charge is 0.416 e. The van der Waals surface area contributed by atoms with Crippen LogP contribution in [0.25, 0.3) is 0 Å². The van der Waals surface area contributed by atoms with Crippen molar-refractivity contribution in [3.8, 4) is 0 Å². The molecule has 2 aromatic rings. The first-order valence-corrected chi connectivity index (χ1v) is 6.85. The van der Waals surface area contributed by atoms with Crippen LogP contribution in [0, 0.1) is 0 Å². The molecule has 0 atom stereocenters. The van der Waals surface area contributed by atoms with E-state index in [9.17, 15) is 18.0 Å². The number of alkyl halides is 3. The van der Waals surface area contributed by atoms with E-state index >= 15 is 0 Å². The zero-order valence-electron chi connectivity index (χ0n) is 10.3. The van der Waals surface area contributed by atoms with Crippen LogP contribution in [-0.4, -0.2) is 11.1 Å². The largest absolute Gasteiger partial charge is 0.478 e. The van der Waals surface area contributed by atoms with E-state index in [1.807, 2.05) is 0 Å². The zero-order chi connectivity index (χ0) is 15.6. The topological polar surface area (TPSA) is 37.3 Å². The lowest BCUT2D eigenvalue weighted by atomic mass is 10.2. The summed E-state index contributed by atoms with van der Waals surface area (Å²) in [5.41, 5.74) is -0.775. The third-order valence-corrected chi connectivity index (χ3v) is 3.91. The van der Waals surface area contributed by atoms with Crippen LogP contribution < -0.4 is 0 Å². The molecule has 0 amide bonds. The summed E-state index contributed by atoms with van der Waals surface area (Å²) in [4.78, 5) is 12.1. The van der Waals surface area contributed by atoms with E-state index < -0.39 is 17.7 Å². The number of halogens is 4. The van der Waals surface area contributed by atoms with E-state index in [-0.39, 0.29) is 10.6 Å². The fourth-order valence-electron chi connectivity index (χ4n) is 1.58. The Bertz CT molecular complexity index is 669. The maximum Gasteiger partial charge on any atom is 0.416 e. The molecule has 0 aromatic heterocycles. The van der Waals surface area contributed by atoms with Gasteiger partial charge in [-0.2, -0.15) is 13.2 Å². The van der Waals surface area contributed by atoms with Crippen LogP contribution >= 0.6 is 23.4 Å².